The Hall–Kier alpha value is -2.14. The molecular formula is C11H10N2O3. The SMILES string of the molecule is O=C(O)c1cnn(-c2ccccc2)c1CO. The lowest BCUT2D eigenvalue weighted by Gasteiger charge is -2.05. The molecule has 0 aliphatic rings. The third kappa shape index (κ3) is 1.68. The summed E-state index contributed by atoms with van der Waals surface area (Å²) in [5.74, 6) is -1.09. The lowest BCUT2D eigenvalue weighted by molar-refractivity contribution is 0.0693. The van der Waals surface area contributed by atoms with Gasteiger partial charge in [0.15, 0.2) is 0 Å². The van der Waals surface area contributed by atoms with E-state index in [9.17, 15) is 9.90 Å². The maximum Gasteiger partial charge on any atom is 0.339 e. The van der Waals surface area contributed by atoms with Crippen molar-refractivity contribution in [3.8, 4) is 5.69 Å². The molecule has 0 unspecified atom stereocenters. The van der Waals surface area contributed by atoms with Crippen LogP contribution in [0.15, 0.2) is 36.5 Å². The minimum atomic E-state index is -1.09. The molecule has 0 radical (unpaired) electrons. The van der Waals surface area contributed by atoms with Crippen molar-refractivity contribution in [3.05, 3.63) is 47.8 Å². The average Bonchev–Trinajstić information content (AvgIpc) is 2.73. The number of aliphatic hydroxyl groups is 1. The van der Waals surface area contributed by atoms with Crippen molar-refractivity contribution in [2.75, 3.05) is 0 Å². The van der Waals surface area contributed by atoms with Crippen LogP contribution in [0.2, 0.25) is 0 Å². The number of aromatic nitrogens is 2. The highest BCUT2D eigenvalue weighted by molar-refractivity contribution is 5.88. The first-order valence-corrected chi connectivity index (χ1v) is 4.70. The molecule has 0 atom stereocenters. The number of aromatic carboxylic acids is 1. The van der Waals surface area contributed by atoms with Crippen molar-refractivity contribution in [1.29, 1.82) is 0 Å². The number of hydrogen-bond acceptors (Lipinski definition) is 3. The van der Waals surface area contributed by atoms with Crippen LogP contribution >= 0.6 is 0 Å². The van der Waals surface area contributed by atoms with E-state index in [1.54, 1.807) is 12.1 Å². The average molecular weight is 218 g/mol. The van der Waals surface area contributed by atoms with E-state index < -0.39 is 5.97 Å². The number of carboxylic acids is 1. The summed E-state index contributed by atoms with van der Waals surface area (Å²) in [7, 11) is 0. The highest BCUT2D eigenvalue weighted by Crippen LogP contribution is 2.14. The molecule has 16 heavy (non-hydrogen) atoms. The molecule has 0 aliphatic heterocycles. The molecular weight excluding hydrogens is 208 g/mol. The molecule has 0 amide bonds. The van der Waals surface area contributed by atoms with Gasteiger partial charge in [0.2, 0.25) is 0 Å². The Kier molecular flexibility index (Phi) is 2.70. The van der Waals surface area contributed by atoms with Crippen LogP contribution in [0.1, 0.15) is 16.1 Å². The second-order valence-corrected chi connectivity index (χ2v) is 3.22. The van der Waals surface area contributed by atoms with E-state index in [0.29, 0.717) is 0 Å². The van der Waals surface area contributed by atoms with Crippen LogP contribution in [-0.2, 0) is 6.61 Å². The minimum Gasteiger partial charge on any atom is -0.478 e. The second-order valence-electron chi connectivity index (χ2n) is 3.22. The standard InChI is InChI=1S/C11H10N2O3/c14-7-10-9(11(15)16)6-12-13(10)8-4-2-1-3-5-8/h1-6,14H,7H2,(H,15,16). The third-order valence-corrected chi connectivity index (χ3v) is 2.25. The normalized spacial score (nSPS) is 10.3. The van der Waals surface area contributed by atoms with E-state index in [1.165, 1.54) is 10.9 Å². The first-order chi connectivity index (χ1) is 7.74. The Morgan fingerprint density at radius 1 is 1.31 bits per heavy atom. The molecule has 2 aromatic rings. The molecule has 0 saturated heterocycles. The fraction of sp³-hybridized carbons (Fsp3) is 0.0909. The number of benzene rings is 1. The molecule has 2 rings (SSSR count). The fourth-order valence-electron chi connectivity index (χ4n) is 1.50. The van der Waals surface area contributed by atoms with Gasteiger partial charge in [-0.1, -0.05) is 18.2 Å². The van der Waals surface area contributed by atoms with E-state index in [4.69, 9.17) is 5.11 Å². The summed E-state index contributed by atoms with van der Waals surface area (Å²) in [6.07, 6.45) is 1.24. The van der Waals surface area contributed by atoms with Crippen LogP contribution in [0, 0.1) is 0 Å². The van der Waals surface area contributed by atoms with Crippen molar-refractivity contribution in [2.45, 2.75) is 6.61 Å². The van der Waals surface area contributed by atoms with Crippen LogP contribution in [-0.4, -0.2) is 26.0 Å². The first-order valence-electron chi connectivity index (χ1n) is 4.70. The van der Waals surface area contributed by atoms with Gasteiger partial charge in [0.1, 0.15) is 5.56 Å². The summed E-state index contributed by atoms with van der Waals surface area (Å²) in [6.45, 7) is -0.365. The third-order valence-electron chi connectivity index (χ3n) is 2.25. The molecule has 1 aromatic heterocycles. The maximum absolute atomic E-state index is 10.9. The van der Waals surface area contributed by atoms with E-state index in [1.807, 2.05) is 18.2 Å². The number of rotatable bonds is 3. The molecule has 0 bridgehead atoms. The Morgan fingerprint density at radius 2 is 2.00 bits per heavy atom. The van der Waals surface area contributed by atoms with Crippen LogP contribution in [0.5, 0.6) is 0 Å². The number of carbonyl (C=O) groups is 1. The summed E-state index contributed by atoms with van der Waals surface area (Å²) < 4.78 is 1.42. The zero-order valence-electron chi connectivity index (χ0n) is 8.37. The Morgan fingerprint density at radius 3 is 2.56 bits per heavy atom. The van der Waals surface area contributed by atoms with Gasteiger partial charge < -0.3 is 10.2 Å². The summed E-state index contributed by atoms with van der Waals surface area (Å²) in [5, 5.41) is 22.0. The largest absolute Gasteiger partial charge is 0.478 e. The number of para-hydroxylation sites is 1. The zero-order valence-corrected chi connectivity index (χ0v) is 8.37. The summed E-state index contributed by atoms with van der Waals surface area (Å²) in [4.78, 5) is 10.9. The van der Waals surface area contributed by atoms with Crippen LogP contribution in [0.4, 0.5) is 0 Å². The Labute approximate surface area is 91.6 Å². The van der Waals surface area contributed by atoms with Crippen molar-refractivity contribution >= 4 is 5.97 Å². The summed E-state index contributed by atoms with van der Waals surface area (Å²) >= 11 is 0. The predicted octanol–water partition coefficient (Wildman–Crippen LogP) is 1.06. The predicted molar refractivity (Wildman–Crippen MR) is 56.4 cm³/mol. The smallest absolute Gasteiger partial charge is 0.339 e. The van der Waals surface area contributed by atoms with Crippen molar-refractivity contribution in [1.82, 2.24) is 9.78 Å². The van der Waals surface area contributed by atoms with E-state index in [0.717, 1.165) is 5.69 Å². The zero-order chi connectivity index (χ0) is 11.5. The van der Waals surface area contributed by atoms with Crippen molar-refractivity contribution in [3.63, 3.8) is 0 Å². The quantitative estimate of drug-likeness (QED) is 0.807. The minimum absolute atomic E-state index is 0.0198. The van der Waals surface area contributed by atoms with E-state index in [-0.39, 0.29) is 17.9 Å². The van der Waals surface area contributed by atoms with Gasteiger partial charge in [-0.15, -0.1) is 0 Å². The summed E-state index contributed by atoms with van der Waals surface area (Å²) in [6, 6.07) is 9.07. The van der Waals surface area contributed by atoms with Crippen LogP contribution in [0.3, 0.4) is 0 Å². The topological polar surface area (TPSA) is 75.3 Å². The number of aliphatic hydroxyl groups excluding tert-OH is 1. The summed E-state index contributed by atoms with van der Waals surface area (Å²) in [5.41, 5.74) is 1.02. The molecule has 1 aromatic carbocycles. The molecule has 1 heterocycles. The van der Waals surface area contributed by atoms with Gasteiger partial charge in [0.25, 0.3) is 0 Å². The molecule has 0 fully saturated rings. The fourth-order valence-corrected chi connectivity index (χ4v) is 1.50. The highest BCUT2D eigenvalue weighted by atomic mass is 16.4. The second kappa shape index (κ2) is 4.16. The monoisotopic (exact) mass is 218 g/mol. The molecule has 0 aliphatic carbocycles. The molecule has 2 N–H and O–H groups in total. The highest BCUT2D eigenvalue weighted by Gasteiger charge is 2.16. The van der Waals surface area contributed by atoms with Crippen molar-refractivity contribution < 1.29 is 15.0 Å². The number of nitrogens with zero attached hydrogens (tertiary/aromatic N) is 2. The van der Waals surface area contributed by atoms with Gasteiger partial charge in [0.05, 0.1) is 24.2 Å². The lowest BCUT2D eigenvalue weighted by atomic mass is 10.2. The van der Waals surface area contributed by atoms with Gasteiger partial charge in [-0.05, 0) is 12.1 Å². The van der Waals surface area contributed by atoms with E-state index >= 15 is 0 Å². The van der Waals surface area contributed by atoms with Crippen LogP contribution in [0.25, 0.3) is 5.69 Å². The van der Waals surface area contributed by atoms with Gasteiger partial charge >= 0.3 is 5.97 Å². The van der Waals surface area contributed by atoms with Crippen molar-refractivity contribution in [2.24, 2.45) is 0 Å². The van der Waals surface area contributed by atoms with Gasteiger partial charge in [-0.25, -0.2) is 9.48 Å². The lowest BCUT2D eigenvalue weighted by Crippen LogP contribution is -2.06. The Bertz CT molecular complexity index is 505. The maximum atomic E-state index is 10.9. The number of carboxylic acid groups (broad SMARTS) is 1. The first kappa shape index (κ1) is 10.4. The molecule has 0 saturated carbocycles. The Balaban J connectivity index is 2.54. The molecule has 5 nitrogen and oxygen atoms in total. The van der Waals surface area contributed by atoms with Gasteiger partial charge in [-0.2, -0.15) is 5.10 Å². The van der Waals surface area contributed by atoms with Gasteiger partial charge in [0, 0.05) is 0 Å². The van der Waals surface area contributed by atoms with Gasteiger partial charge in [-0.3, -0.25) is 0 Å². The number of hydrogen-bond donors (Lipinski definition) is 2. The molecule has 5 heteroatoms. The molecule has 82 valence electrons. The molecule has 0 spiro atoms. The van der Waals surface area contributed by atoms with E-state index in [2.05, 4.69) is 5.10 Å². The van der Waals surface area contributed by atoms with Crippen LogP contribution < -0.4 is 0 Å².